The minimum Gasteiger partial charge on any atom is -0.478 e. The Bertz CT molecular complexity index is 1220. The summed E-state index contributed by atoms with van der Waals surface area (Å²) in [6.45, 7) is 10.7. The maximum absolute atomic E-state index is 15.4. The van der Waals surface area contributed by atoms with Crippen molar-refractivity contribution in [2.45, 2.75) is 90.4 Å². The van der Waals surface area contributed by atoms with Gasteiger partial charge in [0.2, 0.25) is 0 Å². The maximum atomic E-state index is 15.4. The third-order valence-electron chi connectivity index (χ3n) is 5.75. The van der Waals surface area contributed by atoms with Crippen LogP contribution in [0.3, 0.4) is 0 Å². The summed E-state index contributed by atoms with van der Waals surface area (Å²) in [5.74, 6) is -2.59. The van der Waals surface area contributed by atoms with Crippen LogP contribution in [0.2, 0.25) is 0 Å². The highest BCUT2D eigenvalue weighted by Crippen LogP contribution is 2.28. The molecule has 2 atom stereocenters. The number of carboxylic acid groups (broad SMARTS) is 1. The molecule has 1 aliphatic carbocycles. The average molecular weight is 545 g/mol. The number of nitrogens with one attached hydrogen (secondary N) is 4. The minimum atomic E-state index is -1.17. The molecule has 1 saturated carbocycles. The fourth-order valence-corrected chi connectivity index (χ4v) is 4.14. The Labute approximate surface area is 227 Å². The van der Waals surface area contributed by atoms with E-state index < -0.39 is 34.9 Å². The molecule has 0 aromatic carbocycles. The van der Waals surface area contributed by atoms with E-state index in [0.29, 0.717) is 12.8 Å². The van der Waals surface area contributed by atoms with Gasteiger partial charge in [-0.3, -0.25) is 9.78 Å². The van der Waals surface area contributed by atoms with Crippen LogP contribution in [0.25, 0.3) is 0 Å². The maximum Gasteiger partial charge on any atom is 0.407 e. The van der Waals surface area contributed by atoms with E-state index in [2.05, 4.69) is 31.2 Å². The number of hydrogen-bond acceptors (Lipinski definition) is 8. The van der Waals surface area contributed by atoms with Crippen LogP contribution in [-0.2, 0) is 4.74 Å². The Balaban J connectivity index is 1.93. The van der Waals surface area contributed by atoms with Gasteiger partial charge < -0.3 is 31.1 Å². The van der Waals surface area contributed by atoms with E-state index in [-0.39, 0.29) is 40.5 Å². The molecule has 0 aliphatic heterocycles. The molecule has 11 nitrogen and oxygen atoms in total. The number of halogens is 1. The lowest BCUT2D eigenvalue weighted by Crippen LogP contribution is -2.50. The second-order valence-electron chi connectivity index (χ2n) is 11.6. The molecule has 2 aromatic rings. The van der Waals surface area contributed by atoms with Crippen molar-refractivity contribution in [3.63, 3.8) is 0 Å². The predicted molar refractivity (Wildman–Crippen MR) is 145 cm³/mol. The van der Waals surface area contributed by atoms with Crippen molar-refractivity contribution in [2.75, 3.05) is 10.6 Å². The molecule has 1 fully saturated rings. The number of hydrogen-bond donors (Lipinski definition) is 5. The molecule has 0 spiro atoms. The molecule has 0 unspecified atom stereocenters. The van der Waals surface area contributed by atoms with Gasteiger partial charge in [-0.2, -0.15) is 0 Å². The standard InChI is InChI=1S/C27H37FN6O5/c1-26(2,3)34-23(35)17-12-18(28)22(33-21(17)30-16-11-15(24(36)37)13-29-14-16)31-19-9-7-8-10-20(19)32-25(38)39-27(4,5)6/h11-14,19-20H,7-10H2,1-6H3,(H,32,38)(H,34,35)(H,36,37)(H2,30,31,33)/t19-,20+/m1/s1. The summed E-state index contributed by atoms with van der Waals surface area (Å²) in [5.41, 5.74) is -1.14. The van der Waals surface area contributed by atoms with E-state index in [1.165, 1.54) is 18.5 Å². The molecule has 5 N–H and O–H groups in total. The van der Waals surface area contributed by atoms with E-state index in [4.69, 9.17) is 4.74 Å². The highest BCUT2D eigenvalue weighted by molar-refractivity contribution is 6.00. The summed E-state index contributed by atoms with van der Waals surface area (Å²) in [6.07, 6.45) is 5.09. The summed E-state index contributed by atoms with van der Waals surface area (Å²) in [5, 5.41) is 21.0. The molecule has 12 heteroatoms. The smallest absolute Gasteiger partial charge is 0.407 e. The monoisotopic (exact) mass is 544 g/mol. The molecule has 0 bridgehead atoms. The third-order valence-corrected chi connectivity index (χ3v) is 5.75. The van der Waals surface area contributed by atoms with Crippen molar-refractivity contribution in [1.82, 2.24) is 20.6 Å². The van der Waals surface area contributed by atoms with Crippen molar-refractivity contribution < 1.29 is 28.6 Å². The van der Waals surface area contributed by atoms with Gasteiger partial charge in [-0.15, -0.1) is 0 Å². The molecule has 2 aromatic heterocycles. The largest absolute Gasteiger partial charge is 0.478 e. The number of aromatic carboxylic acids is 1. The Morgan fingerprint density at radius 3 is 2.28 bits per heavy atom. The molecule has 0 saturated heterocycles. The van der Waals surface area contributed by atoms with Gasteiger partial charge in [-0.1, -0.05) is 12.8 Å². The van der Waals surface area contributed by atoms with E-state index in [0.717, 1.165) is 18.9 Å². The van der Waals surface area contributed by atoms with Crippen molar-refractivity contribution in [2.24, 2.45) is 0 Å². The van der Waals surface area contributed by atoms with Crippen LogP contribution < -0.4 is 21.3 Å². The van der Waals surface area contributed by atoms with Crippen LogP contribution in [0.5, 0.6) is 0 Å². The summed E-state index contributed by atoms with van der Waals surface area (Å²) < 4.78 is 20.8. The predicted octanol–water partition coefficient (Wildman–Crippen LogP) is 4.83. The van der Waals surface area contributed by atoms with Gasteiger partial charge in [0.15, 0.2) is 11.6 Å². The van der Waals surface area contributed by atoms with Crippen molar-refractivity contribution in [3.05, 3.63) is 41.5 Å². The van der Waals surface area contributed by atoms with Crippen LogP contribution in [-0.4, -0.2) is 56.3 Å². The van der Waals surface area contributed by atoms with Gasteiger partial charge in [0.05, 0.1) is 29.1 Å². The Kier molecular flexibility index (Phi) is 8.98. The Hall–Kier alpha value is -3.96. The summed E-state index contributed by atoms with van der Waals surface area (Å²) in [4.78, 5) is 45.1. The first-order valence-corrected chi connectivity index (χ1v) is 12.9. The normalized spacial score (nSPS) is 17.6. The number of ether oxygens (including phenoxy) is 1. The van der Waals surface area contributed by atoms with Crippen molar-refractivity contribution >= 4 is 35.3 Å². The molecular formula is C27H37FN6O5. The number of nitrogens with zero attached hydrogens (tertiary/aromatic N) is 2. The highest BCUT2D eigenvalue weighted by Gasteiger charge is 2.30. The molecule has 3 rings (SSSR count). The van der Waals surface area contributed by atoms with Gasteiger partial charge in [0.25, 0.3) is 5.91 Å². The van der Waals surface area contributed by atoms with Gasteiger partial charge in [0.1, 0.15) is 11.4 Å². The second-order valence-corrected chi connectivity index (χ2v) is 11.6. The van der Waals surface area contributed by atoms with Gasteiger partial charge >= 0.3 is 12.1 Å². The number of aromatic nitrogens is 2. The van der Waals surface area contributed by atoms with Crippen LogP contribution in [0, 0.1) is 5.82 Å². The quantitative estimate of drug-likeness (QED) is 0.329. The van der Waals surface area contributed by atoms with Crippen molar-refractivity contribution in [1.29, 1.82) is 0 Å². The minimum absolute atomic E-state index is 0.0115. The first-order valence-electron chi connectivity index (χ1n) is 12.9. The Morgan fingerprint density at radius 1 is 1.00 bits per heavy atom. The van der Waals surface area contributed by atoms with Gasteiger partial charge in [-0.05, 0) is 66.5 Å². The number of rotatable bonds is 7. The van der Waals surface area contributed by atoms with Gasteiger partial charge in [-0.25, -0.2) is 19.0 Å². The lowest BCUT2D eigenvalue weighted by atomic mass is 9.90. The lowest BCUT2D eigenvalue weighted by Gasteiger charge is -2.34. The SMILES string of the molecule is CC(C)(C)NC(=O)c1cc(F)c(N[C@@H]2CCCC[C@@H]2NC(=O)OC(C)(C)C)nc1Nc1cncc(C(=O)O)c1. The summed E-state index contributed by atoms with van der Waals surface area (Å²) in [6, 6.07) is 1.74. The van der Waals surface area contributed by atoms with E-state index in [1.54, 1.807) is 41.5 Å². The average Bonchev–Trinajstić information content (AvgIpc) is 2.80. The highest BCUT2D eigenvalue weighted by atomic mass is 19.1. The first-order chi connectivity index (χ1) is 18.1. The van der Waals surface area contributed by atoms with Crippen molar-refractivity contribution in [3.8, 4) is 0 Å². The summed E-state index contributed by atoms with van der Waals surface area (Å²) >= 11 is 0. The lowest BCUT2D eigenvalue weighted by molar-refractivity contribution is 0.0487. The number of anilines is 3. The molecule has 2 heterocycles. The van der Waals surface area contributed by atoms with Crippen LogP contribution in [0.1, 0.15) is 87.9 Å². The number of carbonyl (C=O) groups is 3. The fraction of sp³-hybridized carbons (Fsp3) is 0.519. The van der Waals surface area contributed by atoms with E-state index >= 15 is 4.39 Å². The molecule has 1 aliphatic rings. The number of alkyl carbamates (subject to hydrolysis) is 1. The van der Waals surface area contributed by atoms with Crippen LogP contribution in [0.4, 0.5) is 26.5 Å². The number of carboxylic acids is 1. The number of carbonyl (C=O) groups excluding carboxylic acids is 2. The molecule has 39 heavy (non-hydrogen) atoms. The van der Waals surface area contributed by atoms with Crippen LogP contribution >= 0.6 is 0 Å². The Morgan fingerprint density at radius 2 is 1.67 bits per heavy atom. The molecule has 212 valence electrons. The molecule has 0 radical (unpaired) electrons. The molecular weight excluding hydrogens is 507 g/mol. The zero-order valence-corrected chi connectivity index (χ0v) is 23.1. The zero-order chi connectivity index (χ0) is 29.0. The topological polar surface area (TPSA) is 155 Å². The summed E-state index contributed by atoms with van der Waals surface area (Å²) in [7, 11) is 0. The van der Waals surface area contributed by atoms with Gasteiger partial charge in [0, 0.05) is 17.8 Å². The van der Waals surface area contributed by atoms with E-state index in [1.807, 2.05) is 0 Å². The number of pyridine rings is 2. The van der Waals surface area contributed by atoms with Crippen LogP contribution in [0.15, 0.2) is 24.5 Å². The second kappa shape index (κ2) is 11.8. The zero-order valence-electron chi connectivity index (χ0n) is 23.1. The molecule has 2 amide bonds. The first kappa shape index (κ1) is 29.6. The number of amides is 2. The third kappa shape index (κ3) is 8.79. The fourth-order valence-electron chi connectivity index (χ4n) is 4.14. The van der Waals surface area contributed by atoms with E-state index in [9.17, 15) is 19.5 Å².